The van der Waals surface area contributed by atoms with E-state index >= 15 is 0 Å². The highest BCUT2D eigenvalue weighted by molar-refractivity contribution is 8.09. The lowest BCUT2D eigenvalue weighted by Crippen LogP contribution is -2.41. The zero-order valence-corrected chi connectivity index (χ0v) is 20.3. The molecule has 0 radical (unpaired) electrons. The number of hydrogen-bond acceptors (Lipinski definition) is 10. The molecule has 1 amide bonds. The van der Waals surface area contributed by atoms with Crippen LogP contribution in [0, 0.1) is 0 Å². The highest BCUT2D eigenvalue weighted by Gasteiger charge is 2.29. The van der Waals surface area contributed by atoms with E-state index in [1.165, 1.54) is 29.2 Å². The van der Waals surface area contributed by atoms with Gasteiger partial charge in [-0.15, -0.1) is 5.10 Å². The summed E-state index contributed by atoms with van der Waals surface area (Å²) >= 11 is 0. The number of carbonyl (C=O) groups is 1. The minimum absolute atomic E-state index is 0.161. The van der Waals surface area contributed by atoms with E-state index in [2.05, 4.69) is 15.0 Å². The Balaban J connectivity index is 2.05. The number of amides is 1. The Morgan fingerprint density at radius 1 is 0.970 bits per heavy atom. The summed E-state index contributed by atoms with van der Waals surface area (Å²) in [4.78, 5) is 14.3. The molecule has 0 saturated carbocycles. The fourth-order valence-corrected chi connectivity index (χ4v) is 6.65. The van der Waals surface area contributed by atoms with E-state index < -0.39 is 36.0 Å². The third-order valence-electron chi connectivity index (χ3n) is 4.36. The first-order valence-electron chi connectivity index (χ1n) is 9.30. The van der Waals surface area contributed by atoms with Gasteiger partial charge >= 0.3 is 0 Å². The van der Waals surface area contributed by atoms with Crippen molar-refractivity contribution in [2.24, 2.45) is 0 Å². The molecule has 1 aliphatic heterocycles. The van der Waals surface area contributed by atoms with Gasteiger partial charge < -0.3 is 9.64 Å². The average molecular weight is 523 g/mol. The van der Waals surface area contributed by atoms with Crippen molar-refractivity contribution < 1.29 is 34.8 Å². The van der Waals surface area contributed by atoms with E-state index in [9.17, 15) is 30.0 Å². The molecule has 17 heteroatoms. The predicted octanol–water partition coefficient (Wildman–Crippen LogP) is -1.16. The first-order chi connectivity index (χ1) is 15.2. The maximum absolute atomic E-state index is 12.9. The zero-order chi connectivity index (χ0) is 24.6. The molecule has 33 heavy (non-hydrogen) atoms. The number of rotatable bonds is 7. The van der Waals surface area contributed by atoms with Crippen LogP contribution in [0.5, 0.6) is 0 Å². The molecule has 2 aromatic rings. The summed E-state index contributed by atoms with van der Waals surface area (Å²) in [5, 5.41) is 7.71. The molecule has 0 bridgehead atoms. The van der Waals surface area contributed by atoms with Crippen molar-refractivity contribution >= 4 is 47.5 Å². The molecule has 1 saturated heterocycles. The van der Waals surface area contributed by atoms with E-state index in [-0.39, 0.29) is 26.6 Å². The number of morpholine rings is 1. The second kappa shape index (κ2) is 8.88. The summed E-state index contributed by atoms with van der Waals surface area (Å²) in [6.07, 6.45) is 2.39. The van der Waals surface area contributed by atoms with E-state index in [1.807, 2.05) is 0 Å². The van der Waals surface area contributed by atoms with Gasteiger partial charge in [0.2, 0.25) is 30.1 Å². The molecule has 1 N–H and O–H groups in total. The molecular formula is C16H22N6O8S3. The van der Waals surface area contributed by atoms with E-state index in [1.54, 1.807) is 0 Å². The number of ether oxygens (including phenoxy) is 1. The monoisotopic (exact) mass is 522 g/mol. The van der Waals surface area contributed by atoms with Gasteiger partial charge in [0.1, 0.15) is 0 Å². The SMILES string of the molecule is CS(=O)(=O)Nc1c(C(=O)N2CCOCC2)nnn1-c1ccc(N(S(C)(=O)=O)S(C)(=O)=O)cc1. The van der Waals surface area contributed by atoms with E-state index in [0.29, 0.717) is 26.3 Å². The number of nitrogens with one attached hydrogen (secondary N) is 1. The number of benzene rings is 1. The van der Waals surface area contributed by atoms with Gasteiger partial charge in [0.05, 0.1) is 43.4 Å². The fourth-order valence-electron chi connectivity index (χ4n) is 3.13. The third-order valence-corrected chi connectivity index (χ3v) is 8.18. The first kappa shape index (κ1) is 24.9. The maximum Gasteiger partial charge on any atom is 0.278 e. The molecule has 1 aromatic carbocycles. The van der Waals surface area contributed by atoms with Crippen LogP contribution in [-0.2, 0) is 34.8 Å². The summed E-state index contributed by atoms with van der Waals surface area (Å²) in [6.45, 7) is 1.25. The molecule has 0 atom stereocenters. The Morgan fingerprint density at radius 2 is 1.52 bits per heavy atom. The summed E-state index contributed by atoms with van der Waals surface area (Å²) in [6, 6.07) is 5.02. The van der Waals surface area contributed by atoms with E-state index in [4.69, 9.17) is 4.74 Å². The van der Waals surface area contributed by atoms with Crippen LogP contribution >= 0.6 is 0 Å². The second-order valence-electron chi connectivity index (χ2n) is 7.22. The van der Waals surface area contributed by atoms with Gasteiger partial charge in [0, 0.05) is 13.1 Å². The number of anilines is 2. The van der Waals surface area contributed by atoms with Crippen molar-refractivity contribution in [1.29, 1.82) is 0 Å². The molecule has 0 unspecified atom stereocenters. The molecule has 14 nitrogen and oxygen atoms in total. The standard InChI is InChI=1S/C16H22N6O8S3/c1-31(24,25)18-15-14(16(23)20-8-10-30-11-9-20)17-19-21(15)12-4-6-13(7-5-12)22(32(2,26)27)33(3,28)29/h4-7,18H,8-11H2,1-3H3. The lowest BCUT2D eigenvalue weighted by atomic mass is 10.3. The Hall–Kier alpha value is -2.76. The summed E-state index contributed by atoms with van der Waals surface area (Å²) in [7, 11) is -12.1. The minimum Gasteiger partial charge on any atom is -0.378 e. The summed E-state index contributed by atoms with van der Waals surface area (Å²) < 4.78 is 80.5. The van der Waals surface area contributed by atoms with Crippen LogP contribution in [-0.4, -0.2) is 96.1 Å². The van der Waals surface area contributed by atoms with Crippen molar-refractivity contribution in [2.45, 2.75) is 0 Å². The molecule has 3 rings (SSSR count). The van der Waals surface area contributed by atoms with Crippen LogP contribution in [0.2, 0.25) is 0 Å². The second-order valence-corrected chi connectivity index (χ2v) is 12.9. The van der Waals surface area contributed by atoms with Crippen LogP contribution in [0.25, 0.3) is 5.69 Å². The normalized spacial score (nSPS) is 15.3. The van der Waals surface area contributed by atoms with Crippen molar-refractivity contribution in [3.05, 3.63) is 30.0 Å². The predicted molar refractivity (Wildman–Crippen MR) is 119 cm³/mol. The Kier molecular flexibility index (Phi) is 6.69. The van der Waals surface area contributed by atoms with Crippen LogP contribution in [0.3, 0.4) is 0 Å². The fraction of sp³-hybridized carbons (Fsp3) is 0.438. The molecular weight excluding hydrogens is 500 g/mol. The lowest BCUT2D eigenvalue weighted by Gasteiger charge is -2.26. The van der Waals surface area contributed by atoms with Gasteiger partial charge in [0.15, 0.2) is 11.5 Å². The van der Waals surface area contributed by atoms with Crippen LogP contribution in [0.4, 0.5) is 11.5 Å². The molecule has 1 aromatic heterocycles. The largest absolute Gasteiger partial charge is 0.378 e. The van der Waals surface area contributed by atoms with Crippen LogP contribution in [0.15, 0.2) is 24.3 Å². The summed E-state index contributed by atoms with van der Waals surface area (Å²) in [5.41, 5.74) is -0.202. The molecule has 1 fully saturated rings. The molecule has 182 valence electrons. The van der Waals surface area contributed by atoms with Crippen molar-refractivity contribution in [3.8, 4) is 5.69 Å². The van der Waals surface area contributed by atoms with Gasteiger partial charge in [-0.25, -0.2) is 25.3 Å². The van der Waals surface area contributed by atoms with Crippen LogP contribution in [0.1, 0.15) is 10.5 Å². The Labute approximate surface area is 191 Å². The van der Waals surface area contributed by atoms with Gasteiger partial charge in [-0.05, 0) is 24.3 Å². The highest BCUT2D eigenvalue weighted by Crippen LogP contribution is 2.26. The van der Waals surface area contributed by atoms with Crippen molar-refractivity contribution in [2.75, 3.05) is 53.5 Å². The Morgan fingerprint density at radius 3 is 2.00 bits per heavy atom. The number of nitrogens with zero attached hydrogens (tertiary/aromatic N) is 5. The van der Waals surface area contributed by atoms with Crippen molar-refractivity contribution in [1.82, 2.24) is 19.9 Å². The molecule has 2 heterocycles. The zero-order valence-electron chi connectivity index (χ0n) is 17.9. The number of hydrogen-bond donors (Lipinski definition) is 1. The topological polar surface area (TPSA) is 178 Å². The smallest absolute Gasteiger partial charge is 0.278 e. The van der Waals surface area contributed by atoms with Gasteiger partial charge in [-0.3, -0.25) is 9.52 Å². The molecule has 1 aliphatic rings. The maximum atomic E-state index is 12.9. The number of sulfonamides is 3. The number of carbonyl (C=O) groups excluding carboxylic acids is 1. The van der Waals surface area contributed by atoms with Gasteiger partial charge in [0.25, 0.3) is 5.91 Å². The minimum atomic E-state index is -4.15. The highest BCUT2D eigenvalue weighted by atomic mass is 32.3. The van der Waals surface area contributed by atoms with Gasteiger partial charge in [-0.1, -0.05) is 5.21 Å². The molecule has 0 spiro atoms. The Bertz CT molecular complexity index is 1330. The molecule has 0 aliphatic carbocycles. The third kappa shape index (κ3) is 5.79. The average Bonchev–Trinajstić information content (AvgIpc) is 3.08. The van der Waals surface area contributed by atoms with Crippen LogP contribution < -0.4 is 8.43 Å². The lowest BCUT2D eigenvalue weighted by molar-refractivity contribution is 0.0299. The quantitative estimate of drug-likeness (QED) is 0.466. The number of aromatic nitrogens is 3. The summed E-state index contributed by atoms with van der Waals surface area (Å²) in [5.74, 6) is -0.766. The van der Waals surface area contributed by atoms with Gasteiger partial charge in [-0.2, -0.15) is 8.39 Å². The van der Waals surface area contributed by atoms with Crippen molar-refractivity contribution in [3.63, 3.8) is 0 Å². The van der Waals surface area contributed by atoms with E-state index in [0.717, 1.165) is 23.4 Å². The first-order valence-corrected chi connectivity index (χ1v) is 14.9.